The molecule has 172 valence electrons. The molecule has 0 radical (unpaired) electrons. The number of rotatable bonds is 4. The number of para-hydroxylation sites is 1. The van der Waals surface area contributed by atoms with E-state index in [4.69, 9.17) is 4.74 Å². The van der Waals surface area contributed by atoms with E-state index in [9.17, 15) is 0 Å². The third-order valence-electron chi connectivity index (χ3n) is 5.31. The first-order valence-electron chi connectivity index (χ1n) is 10.5. The molecule has 1 aromatic heterocycles. The molecule has 0 saturated heterocycles. The topological polar surface area (TPSA) is 31.8 Å². The molecule has 0 bridgehead atoms. The number of hydrogen-bond acceptors (Lipinski definition) is 5. The molecule has 0 spiro atoms. The average molecular weight is 690 g/mol. The molecular formula is C27H19N4OPtSe-3. The smallest absolute Gasteiger partial charge is 0 e. The average Bonchev–Trinajstić information content (AvgIpc) is 3.30. The zero-order chi connectivity index (χ0) is 22.2. The molecule has 2 aliphatic rings. The Morgan fingerprint density at radius 3 is 2.53 bits per heavy atom. The minimum atomic E-state index is 0. The van der Waals surface area contributed by atoms with Gasteiger partial charge in [-0.05, 0) is 0 Å². The summed E-state index contributed by atoms with van der Waals surface area (Å²) in [5, 5.41) is 0. The molecule has 7 heteroatoms. The Morgan fingerprint density at radius 1 is 0.853 bits per heavy atom. The fourth-order valence-electron chi connectivity index (χ4n) is 3.81. The minimum absolute atomic E-state index is 0. The van der Waals surface area contributed by atoms with Gasteiger partial charge in [0.1, 0.15) is 0 Å². The molecule has 0 atom stereocenters. The predicted octanol–water partition coefficient (Wildman–Crippen LogP) is 4.25. The van der Waals surface area contributed by atoms with E-state index in [1.54, 1.807) is 0 Å². The second-order valence-electron chi connectivity index (χ2n) is 7.62. The summed E-state index contributed by atoms with van der Waals surface area (Å²) in [6, 6.07) is 31.3. The summed E-state index contributed by atoms with van der Waals surface area (Å²) in [4.78, 5) is 10.8. The third kappa shape index (κ3) is 4.37. The Bertz CT molecular complexity index is 1350. The van der Waals surface area contributed by atoms with E-state index in [-0.39, 0.29) is 36.0 Å². The molecule has 3 heterocycles. The first-order valence-corrected chi connectivity index (χ1v) is 12.2. The van der Waals surface area contributed by atoms with Gasteiger partial charge in [0.05, 0.1) is 0 Å². The van der Waals surface area contributed by atoms with Crippen LogP contribution in [0.3, 0.4) is 0 Å². The van der Waals surface area contributed by atoms with Gasteiger partial charge in [-0.3, -0.25) is 0 Å². The van der Waals surface area contributed by atoms with Crippen molar-refractivity contribution in [3.05, 3.63) is 110 Å². The number of pyridine rings is 1. The summed E-state index contributed by atoms with van der Waals surface area (Å²) in [7, 11) is 1.99. The van der Waals surface area contributed by atoms with Crippen molar-refractivity contribution in [3.8, 4) is 11.5 Å². The van der Waals surface area contributed by atoms with Crippen LogP contribution in [-0.4, -0.2) is 31.9 Å². The van der Waals surface area contributed by atoms with Crippen molar-refractivity contribution in [2.75, 3.05) is 16.8 Å². The van der Waals surface area contributed by atoms with Crippen LogP contribution in [0.4, 0.5) is 22.9 Å². The quantitative estimate of drug-likeness (QED) is 0.208. The number of ether oxygens (including phenoxy) is 1. The van der Waals surface area contributed by atoms with Crippen molar-refractivity contribution in [1.82, 2.24) is 9.88 Å². The van der Waals surface area contributed by atoms with Crippen molar-refractivity contribution in [3.63, 3.8) is 0 Å². The summed E-state index contributed by atoms with van der Waals surface area (Å²) in [5.74, 6) is 2.16. The second-order valence-corrected chi connectivity index (χ2v) is 9.89. The molecular weight excluding hydrogens is 670 g/mol. The predicted molar refractivity (Wildman–Crippen MR) is 132 cm³/mol. The first-order chi connectivity index (χ1) is 16.2. The molecule has 0 N–H and O–H groups in total. The Balaban J connectivity index is 0.00000241. The number of anilines is 4. The van der Waals surface area contributed by atoms with Crippen LogP contribution < -0.4 is 23.5 Å². The van der Waals surface area contributed by atoms with Gasteiger partial charge >= 0.3 is 200 Å². The molecule has 5 nitrogen and oxygen atoms in total. The van der Waals surface area contributed by atoms with Crippen molar-refractivity contribution >= 4 is 46.8 Å². The molecule has 6 rings (SSSR count). The summed E-state index contributed by atoms with van der Waals surface area (Å²) in [6.07, 6.45) is 5.80. The van der Waals surface area contributed by atoms with Crippen LogP contribution in [0.2, 0.25) is 0 Å². The van der Waals surface area contributed by atoms with Gasteiger partial charge in [0, 0.05) is 21.1 Å². The maximum atomic E-state index is 6.21. The van der Waals surface area contributed by atoms with E-state index < -0.39 is 0 Å². The third-order valence-corrected chi connectivity index (χ3v) is 7.65. The monoisotopic (exact) mass is 690 g/mol. The number of nitrogens with zero attached hydrogens (tertiary/aromatic N) is 4. The zero-order valence-electron chi connectivity index (χ0n) is 18.2. The van der Waals surface area contributed by atoms with Gasteiger partial charge in [-0.25, -0.2) is 0 Å². The molecule has 3 aromatic carbocycles. The Labute approximate surface area is 220 Å². The number of benzene rings is 3. The fraction of sp³-hybridized carbons (Fsp3) is 0.0370. The van der Waals surface area contributed by atoms with Gasteiger partial charge in [0.2, 0.25) is 0 Å². The van der Waals surface area contributed by atoms with Gasteiger partial charge in [-0.1, -0.05) is 0 Å². The van der Waals surface area contributed by atoms with E-state index in [1.165, 1.54) is 8.92 Å². The number of fused-ring (bicyclic) bond motifs is 2. The van der Waals surface area contributed by atoms with Crippen LogP contribution in [-0.2, 0) is 21.1 Å². The summed E-state index contributed by atoms with van der Waals surface area (Å²) >= 11 is 0.183. The van der Waals surface area contributed by atoms with Crippen LogP contribution in [0.15, 0.2) is 91.4 Å². The number of aromatic nitrogens is 1. The summed E-state index contributed by atoms with van der Waals surface area (Å²) < 4.78 is 8.79. The van der Waals surface area contributed by atoms with Crippen LogP contribution in [0.25, 0.3) is 0 Å². The van der Waals surface area contributed by atoms with Crippen molar-refractivity contribution in [1.29, 1.82) is 0 Å². The summed E-state index contributed by atoms with van der Waals surface area (Å²) in [6.45, 7) is 1.99. The molecule has 0 unspecified atom stereocenters. The van der Waals surface area contributed by atoms with Crippen molar-refractivity contribution in [2.45, 2.75) is 0 Å². The van der Waals surface area contributed by atoms with Crippen LogP contribution in [0, 0.1) is 18.8 Å². The first kappa shape index (κ1) is 22.7. The normalized spacial score (nSPS) is 13.9. The molecule has 0 amide bonds. The van der Waals surface area contributed by atoms with Gasteiger partial charge < -0.3 is 0 Å². The van der Waals surface area contributed by atoms with Crippen LogP contribution in [0.1, 0.15) is 0 Å². The summed E-state index contributed by atoms with van der Waals surface area (Å²) in [5.41, 5.74) is 3.04. The maximum absolute atomic E-state index is 6.21. The Morgan fingerprint density at radius 2 is 1.71 bits per heavy atom. The van der Waals surface area contributed by atoms with Gasteiger partial charge in [-0.2, -0.15) is 0 Å². The Hall–Kier alpha value is -3.04. The molecule has 0 aliphatic carbocycles. The Kier molecular flexibility index (Phi) is 6.47. The van der Waals surface area contributed by atoms with E-state index in [0.29, 0.717) is 11.5 Å². The number of hydrogen-bond donors (Lipinski definition) is 0. The van der Waals surface area contributed by atoms with Crippen molar-refractivity contribution < 1.29 is 25.8 Å². The van der Waals surface area contributed by atoms with E-state index in [1.807, 2.05) is 84.6 Å². The van der Waals surface area contributed by atoms with Crippen LogP contribution >= 0.6 is 0 Å². The maximum Gasteiger partial charge on any atom is 0 e. The minimum Gasteiger partial charge on any atom is 0 e. The van der Waals surface area contributed by atoms with Gasteiger partial charge in [-0.15, -0.1) is 0 Å². The van der Waals surface area contributed by atoms with E-state index in [0.717, 1.165) is 22.9 Å². The largest absolute Gasteiger partial charge is 0 e. The second kappa shape index (κ2) is 9.67. The molecule has 4 aromatic rings. The van der Waals surface area contributed by atoms with E-state index in [2.05, 4.69) is 52.3 Å². The fourth-order valence-corrected chi connectivity index (χ4v) is 5.95. The SMILES string of the molecule is CN1C=CN(c2[c-]c(Oc3[c-]c4c(cc3)[Se]c3ccccc3N4c3ccccn3)ccc2)[CH-]1.[Pt]. The van der Waals surface area contributed by atoms with Gasteiger partial charge in [0.15, 0.2) is 0 Å². The molecule has 0 saturated carbocycles. The zero-order valence-corrected chi connectivity index (χ0v) is 22.1. The molecule has 0 fully saturated rings. The molecule has 34 heavy (non-hydrogen) atoms. The standard InChI is InChI=1S/C27H19N4OSe.Pt/c1-29-15-16-30(19-29)20-7-6-8-21(17-20)32-22-12-13-26-24(18-22)31(27-11-4-5-14-28-27)23-9-2-3-10-25(23)33-26;/h2-16,19H,1H3;/q-3;. The molecule has 2 aliphatic heterocycles. The van der Waals surface area contributed by atoms with Crippen molar-refractivity contribution in [2.24, 2.45) is 0 Å². The van der Waals surface area contributed by atoms with E-state index >= 15 is 0 Å². The van der Waals surface area contributed by atoms with Gasteiger partial charge in [0.25, 0.3) is 0 Å². The van der Waals surface area contributed by atoms with Crippen LogP contribution in [0.5, 0.6) is 11.5 Å².